The summed E-state index contributed by atoms with van der Waals surface area (Å²) >= 11 is 0. The zero-order valence-corrected chi connectivity index (χ0v) is 11.3. The molecule has 1 aliphatic heterocycles. The van der Waals surface area contributed by atoms with E-state index in [0.717, 1.165) is 32.2 Å². The van der Waals surface area contributed by atoms with Crippen molar-refractivity contribution in [2.75, 3.05) is 19.6 Å². The molecular formula is C13H24N2O3. The van der Waals surface area contributed by atoms with Crippen LogP contribution in [0.3, 0.4) is 0 Å². The van der Waals surface area contributed by atoms with Crippen LogP contribution in [0.2, 0.25) is 0 Å². The third-order valence-electron chi connectivity index (χ3n) is 3.47. The van der Waals surface area contributed by atoms with E-state index in [2.05, 4.69) is 5.32 Å². The Bertz CT molecular complexity index is 286. The van der Waals surface area contributed by atoms with Crippen molar-refractivity contribution in [1.82, 2.24) is 10.2 Å². The van der Waals surface area contributed by atoms with Gasteiger partial charge in [0, 0.05) is 13.1 Å². The fourth-order valence-electron chi connectivity index (χ4n) is 2.24. The summed E-state index contributed by atoms with van der Waals surface area (Å²) in [4.78, 5) is 24.8. The number of carboxylic acids is 1. The molecule has 0 spiro atoms. The molecule has 1 heterocycles. The van der Waals surface area contributed by atoms with Crippen LogP contribution in [0.25, 0.3) is 0 Å². The van der Waals surface area contributed by atoms with Crippen molar-refractivity contribution in [3.05, 3.63) is 0 Å². The molecular weight excluding hydrogens is 232 g/mol. The number of nitrogens with one attached hydrogen (secondary N) is 1. The van der Waals surface area contributed by atoms with E-state index in [-0.39, 0.29) is 11.9 Å². The van der Waals surface area contributed by atoms with Crippen molar-refractivity contribution >= 4 is 11.9 Å². The minimum absolute atomic E-state index is 0.0486. The van der Waals surface area contributed by atoms with E-state index in [1.807, 2.05) is 6.92 Å². The Hall–Kier alpha value is -1.10. The highest BCUT2D eigenvalue weighted by Gasteiger charge is 2.26. The molecule has 104 valence electrons. The Morgan fingerprint density at radius 2 is 2.11 bits per heavy atom. The van der Waals surface area contributed by atoms with Gasteiger partial charge in [0.15, 0.2) is 0 Å². The van der Waals surface area contributed by atoms with E-state index in [0.29, 0.717) is 13.1 Å². The molecule has 18 heavy (non-hydrogen) atoms. The Labute approximate surface area is 109 Å². The van der Waals surface area contributed by atoms with Crippen LogP contribution in [0, 0.1) is 5.92 Å². The van der Waals surface area contributed by atoms with Gasteiger partial charge in [-0.2, -0.15) is 0 Å². The topological polar surface area (TPSA) is 69.6 Å². The molecule has 5 nitrogen and oxygen atoms in total. The van der Waals surface area contributed by atoms with E-state index in [4.69, 9.17) is 5.11 Å². The number of hydrogen-bond donors (Lipinski definition) is 2. The highest BCUT2D eigenvalue weighted by Crippen LogP contribution is 2.12. The van der Waals surface area contributed by atoms with Crippen LogP contribution in [0.4, 0.5) is 0 Å². The monoisotopic (exact) mass is 256 g/mol. The third-order valence-corrected chi connectivity index (χ3v) is 3.47. The van der Waals surface area contributed by atoms with E-state index in [1.54, 1.807) is 11.8 Å². The van der Waals surface area contributed by atoms with Crippen LogP contribution in [0.5, 0.6) is 0 Å². The summed E-state index contributed by atoms with van der Waals surface area (Å²) < 4.78 is 0. The smallest absolute Gasteiger partial charge is 0.308 e. The van der Waals surface area contributed by atoms with Crippen molar-refractivity contribution in [2.24, 2.45) is 5.92 Å². The van der Waals surface area contributed by atoms with Gasteiger partial charge in [-0.1, -0.05) is 19.8 Å². The SMILES string of the molecule is CCN(CC(C)C(=O)O)C(=O)C1CCCCCN1. The number of carboxylic acid groups (broad SMARTS) is 1. The van der Waals surface area contributed by atoms with Crippen molar-refractivity contribution in [3.8, 4) is 0 Å². The summed E-state index contributed by atoms with van der Waals surface area (Å²) in [6, 6.07) is -0.131. The Morgan fingerprint density at radius 3 is 2.72 bits per heavy atom. The summed E-state index contributed by atoms with van der Waals surface area (Å²) in [6.45, 7) is 5.27. The maximum atomic E-state index is 12.3. The van der Waals surface area contributed by atoms with Gasteiger partial charge in [-0.05, 0) is 26.3 Å². The van der Waals surface area contributed by atoms with Gasteiger partial charge in [-0.3, -0.25) is 9.59 Å². The van der Waals surface area contributed by atoms with Crippen LogP contribution >= 0.6 is 0 Å². The summed E-state index contributed by atoms with van der Waals surface area (Å²) in [5.74, 6) is -1.32. The maximum absolute atomic E-state index is 12.3. The first-order valence-corrected chi connectivity index (χ1v) is 6.81. The Kier molecular flexibility index (Phi) is 6.12. The lowest BCUT2D eigenvalue weighted by molar-refractivity contribution is -0.143. The highest BCUT2D eigenvalue weighted by atomic mass is 16.4. The number of amides is 1. The third kappa shape index (κ3) is 4.29. The molecule has 1 rings (SSSR count). The minimum atomic E-state index is -0.852. The van der Waals surface area contributed by atoms with Crippen LogP contribution in [0.1, 0.15) is 39.5 Å². The summed E-state index contributed by atoms with van der Waals surface area (Å²) in [6.07, 6.45) is 4.20. The van der Waals surface area contributed by atoms with Gasteiger partial charge in [0.05, 0.1) is 12.0 Å². The summed E-state index contributed by atoms with van der Waals surface area (Å²) in [5.41, 5.74) is 0. The first-order valence-electron chi connectivity index (χ1n) is 6.81. The Morgan fingerprint density at radius 1 is 1.39 bits per heavy atom. The Balaban J connectivity index is 2.57. The zero-order chi connectivity index (χ0) is 13.5. The second-order valence-electron chi connectivity index (χ2n) is 4.97. The first kappa shape index (κ1) is 15.0. The van der Waals surface area contributed by atoms with Gasteiger partial charge >= 0.3 is 5.97 Å². The van der Waals surface area contributed by atoms with Crippen molar-refractivity contribution in [1.29, 1.82) is 0 Å². The molecule has 0 aliphatic carbocycles. The first-order chi connectivity index (χ1) is 8.56. The number of nitrogens with zero attached hydrogens (tertiary/aromatic N) is 1. The average molecular weight is 256 g/mol. The van der Waals surface area contributed by atoms with Gasteiger partial charge in [0.25, 0.3) is 0 Å². The largest absolute Gasteiger partial charge is 0.481 e. The minimum Gasteiger partial charge on any atom is -0.481 e. The fourth-order valence-corrected chi connectivity index (χ4v) is 2.24. The summed E-state index contributed by atoms with van der Waals surface area (Å²) in [5, 5.41) is 12.2. The number of carbonyl (C=O) groups excluding carboxylic acids is 1. The van der Waals surface area contributed by atoms with Gasteiger partial charge in [0.1, 0.15) is 0 Å². The molecule has 1 amide bonds. The van der Waals surface area contributed by atoms with Crippen LogP contribution in [-0.2, 0) is 9.59 Å². The standard InChI is InChI=1S/C13H24N2O3/c1-3-15(9-10(2)13(17)18)12(16)11-7-5-4-6-8-14-11/h10-11,14H,3-9H2,1-2H3,(H,17,18). The number of rotatable bonds is 5. The quantitative estimate of drug-likeness (QED) is 0.772. The number of hydrogen-bond acceptors (Lipinski definition) is 3. The molecule has 0 aromatic rings. The summed E-state index contributed by atoms with van der Waals surface area (Å²) in [7, 11) is 0. The van der Waals surface area contributed by atoms with E-state index < -0.39 is 11.9 Å². The predicted molar refractivity (Wildman–Crippen MR) is 69.3 cm³/mol. The number of aliphatic carboxylic acids is 1. The lowest BCUT2D eigenvalue weighted by Gasteiger charge is -2.27. The van der Waals surface area contributed by atoms with Gasteiger partial charge < -0.3 is 15.3 Å². The highest BCUT2D eigenvalue weighted by molar-refractivity contribution is 5.82. The molecule has 0 aromatic heterocycles. The van der Waals surface area contributed by atoms with Gasteiger partial charge in [-0.15, -0.1) is 0 Å². The zero-order valence-electron chi connectivity index (χ0n) is 11.3. The molecule has 2 unspecified atom stereocenters. The predicted octanol–water partition coefficient (Wildman–Crippen LogP) is 1.09. The molecule has 0 bridgehead atoms. The molecule has 2 N–H and O–H groups in total. The molecule has 5 heteroatoms. The maximum Gasteiger partial charge on any atom is 0.308 e. The fraction of sp³-hybridized carbons (Fsp3) is 0.846. The second kappa shape index (κ2) is 7.36. The van der Waals surface area contributed by atoms with Crippen LogP contribution in [0.15, 0.2) is 0 Å². The van der Waals surface area contributed by atoms with Crippen molar-refractivity contribution in [3.63, 3.8) is 0 Å². The van der Waals surface area contributed by atoms with E-state index in [1.165, 1.54) is 0 Å². The van der Waals surface area contributed by atoms with Gasteiger partial charge in [0.2, 0.25) is 5.91 Å². The molecule has 1 aliphatic rings. The van der Waals surface area contributed by atoms with Crippen molar-refractivity contribution < 1.29 is 14.7 Å². The molecule has 0 aromatic carbocycles. The normalized spacial score (nSPS) is 22.0. The second-order valence-corrected chi connectivity index (χ2v) is 4.97. The lowest BCUT2D eigenvalue weighted by atomic mass is 10.1. The molecule has 0 radical (unpaired) electrons. The number of likely N-dealkylation sites (N-methyl/N-ethyl adjacent to an activating group) is 1. The van der Waals surface area contributed by atoms with Gasteiger partial charge in [-0.25, -0.2) is 0 Å². The molecule has 2 atom stereocenters. The molecule has 1 saturated heterocycles. The lowest BCUT2D eigenvalue weighted by Crippen LogP contribution is -2.48. The molecule has 0 saturated carbocycles. The van der Waals surface area contributed by atoms with E-state index in [9.17, 15) is 9.59 Å². The number of carbonyl (C=O) groups is 2. The van der Waals surface area contributed by atoms with Crippen LogP contribution < -0.4 is 5.32 Å². The van der Waals surface area contributed by atoms with Crippen LogP contribution in [-0.4, -0.2) is 47.6 Å². The van der Waals surface area contributed by atoms with E-state index >= 15 is 0 Å². The molecule has 1 fully saturated rings. The van der Waals surface area contributed by atoms with Crippen molar-refractivity contribution in [2.45, 2.75) is 45.6 Å². The average Bonchev–Trinajstić information content (AvgIpc) is 2.63.